The summed E-state index contributed by atoms with van der Waals surface area (Å²) in [6.45, 7) is 3.20. The number of amides is 1. The molecule has 2 bridgehead atoms. The molecular weight excluding hydrogens is 838 g/mol. The Bertz CT molecular complexity index is 1620. The topological polar surface area (TPSA) is 337 Å². The van der Waals surface area contributed by atoms with Crippen molar-refractivity contribution in [3.8, 4) is 0 Å². The standard InChI is InChI=1S/C45H71N3O16/c1-27-15-13-11-9-7-5-3-4-6-8-10-12-14-16-32(63-44-42(58)41(46)37(56)26-61-44)23-38-40(43(59)48-47)36(55)25-45(60,64-38)24-31(51)21-35(54)33(52)18-17-29(49)20-30(50)22-39(57)62-28(2)19-34(27)53/h3-16,27-38,40-42,44,49-56,58,60H,17-26,46-47H2,1-2H3,(H,48,59)/b4-3+,7-5+,8-6+,11-9+,12-10+,15-13+,16-14+/t27-,28-,29?,30?,31?,32?,33?,34-,35?,36-,37+,38-,40?,41-,42-,44-,45?/m0/s1. The first-order valence-corrected chi connectivity index (χ1v) is 21.8. The summed E-state index contributed by atoms with van der Waals surface area (Å²) in [6, 6.07) is -1.11. The Hall–Kier alpha value is -3.48. The maximum atomic E-state index is 13.0. The highest BCUT2D eigenvalue weighted by molar-refractivity contribution is 5.79. The molecule has 0 aromatic rings. The lowest BCUT2D eigenvalue weighted by Gasteiger charge is -2.45. The molecule has 0 aliphatic carbocycles. The summed E-state index contributed by atoms with van der Waals surface area (Å²) in [7, 11) is 0. The van der Waals surface area contributed by atoms with Gasteiger partial charge in [0.05, 0.1) is 86.0 Å². The van der Waals surface area contributed by atoms with Crippen LogP contribution in [0.15, 0.2) is 85.1 Å². The molecule has 3 rings (SSSR count). The first-order chi connectivity index (χ1) is 30.3. The second-order valence-corrected chi connectivity index (χ2v) is 16.9. The van der Waals surface area contributed by atoms with E-state index in [0.29, 0.717) is 0 Å². The van der Waals surface area contributed by atoms with Crippen molar-refractivity contribution >= 4 is 11.9 Å². The highest BCUT2D eigenvalue weighted by Crippen LogP contribution is 2.38. The maximum Gasteiger partial charge on any atom is 0.308 e. The lowest BCUT2D eigenvalue weighted by Crippen LogP contribution is -2.60. The molecule has 2 saturated heterocycles. The normalized spacial score (nSPS) is 43.6. The van der Waals surface area contributed by atoms with Crippen LogP contribution in [0.2, 0.25) is 0 Å². The van der Waals surface area contributed by atoms with Crippen LogP contribution in [0.25, 0.3) is 0 Å². The van der Waals surface area contributed by atoms with E-state index in [1.165, 1.54) is 0 Å². The number of ether oxygens (including phenoxy) is 4. The number of esters is 1. The average molecular weight is 910 g/mol. The smallest absolute Gasteiger partial charge is 0.308 e. The van der Waals surface area contributed by atoms with Crippen LogP contribution in [0.1, 0.15) is 71.6 Å². The number of nitrogens with one attached hydrogen (secondary N) is 1. The molecule has 0 radical (unpaired) electrons. The fraction of sp³-hybridized carbons (Fsp3) is 0.644. The molecule has 0 aromatic carbocycles. The number of aliphatic hydroxyl groups excluding tert-OH is 9. The second-order valence-electron chi connectivity index (χ2n) is 16.9. The van der Waals surface area contributed by atoms with Crippen molar-refractivity contribution in [1.82, 2.24) is 5.43 Å². The first-order valence-electron chi connectivity index (χ1n) is 21.8. The molecule has 64 heavy (non-hydrogen) atoms. The number of nitrogens with two attached hydrogens (primary N) is 2. The van der Waals surface area contributed by atoms with Crippen LogP contribution in [0, 0.1) is 11.8 Å². The number of carbonyl (C=O) groups excluding carboxylic acids is 2. The van der Waals surface area contributed by atoms with Gasteiger partial charge in [-0.25, -0.2) is 5.84 Å². The predicted octanol–water partition coefficient (Wildman–Crippen LogP) is -1.02. The van der Waals surface area contributed by atoms with Crippen LogP contribution < -0.4 is 17.0 Å². The number of allylic oxidation sites excluding steroid dienone is 12. The van der Waals surface area contributed by atoms with Gasteiger partial charge in [-0.05, 0) is 26.2 Å². The van der Waals surface area contributed by atoms with E-state index in [1.54, 1.807) is 73.8 Å². The van der Waals surface area contributed by atoms with Gasteiger partial charge < -0.3 is 75.7 Å². The Morgan fingerprint density at radius 2 is 1.30 bits per heavy atom. The molecule has 19 nitrogen and oxygen atoms in total. The van der Waals surface area contributed by atoms with Crippen LogP contribution in [-0.2, 0) is 28.5 Å². The maximum absolute atomic E-state index is 13.0. The number of hydrazine groups is 1. The Balaban J connectivity index is 1.85. The summed E-state index contributed by atoms with van der Waals surface area (Å²) in [5, 5.41) is 108. The van der Waals surface area contributed by atoms with Crippen molar-refractivity contribution in [2.45, 2.75) is 163 Å². The van der Waals surface area contributed by atoms with Crippen molar-refractivity contribution < 1.29 is 79.6 Å². The van der Waals surface area contributed by atoms with Crippen molar-refractivity contribution in [3.63, 3.8) is 0 Å². The van der Waals surface area contributed by atoms with Crippen molar-refractivity contribution in [1.29, 1.82) is 0 Å². The van der Waals surface area contributed by atoms with E-state index in [1.807, 2.05) is 30.6 Å². The van der Waals surface area contributed by atoms with E-state index in [2.05, 4.69) is 0 Å². The first kappa shape index (κ1) is 54.9. The van der Waals surface area contributed by atoms with E-state index in [-0.39, 0.29) is 44.6 Å². The Kier molecular flexibility index (Phi) is 23.9. The summed E-state index contributed by atoms with van der Waals surface area (Å²) in [4.78, 5) is 25.5. The lowest BCUT2D eigenvalue weighted by atomic mass is 9.82. The van der Waals surface area contributed by atoms with Crippen molar-refractivity contribution in [3.05, 3.63) is 85.1 Å². The van der Waals surface area contributed by atoms with Crippen molar-refractivity contribution in [2.75, 3.05) is 6.61 Å². The molecular formula is C45H71N3O16. The van der Waals surface area contributed by atoms with E-state index < -0.39 is 135 Å². The van der Waals surface area contributed by atoms with Crippen LogP contribution in [0.5, 0.6) is 0 Å². The summed E-state index contributed by atoms with van der Waals surface area (Å²) in [5.41, 5.74) is 7.94. The number of fused-ring (bicyclic) bond motifs is 2. The SMILES string of the molecule is C[C@H]1C[C@H](O)[C@@H](C)/C=C/C=C/C=C/C=C/C=C/C=C/C=C/C(O[C@@H]2OC[C@@H](O)[C@H](N)[C@@H]2O)C[C@@H]2OC(O)(CC(O)CC(O)C(O)CCC(O)CC(O)CC(=O)O1)C[C@H](O)C2C(=O)NN. The van der Waals surface area contributed by atoms with Gasteiger partial charge in [0.15, 0.2) is 12.1 Å². The molecule has 3 heterocycles. The highest BCUT2D eigenvalue weighted by atomic mass is 16.7. The molecule has 17 atom stereocenters. The van der Waals surface area contributed by atoms with Gasteiger partial charge in [-0.15, -0.1) is 0 Å². The molecule has 0 aromatic heterocycles. The third kappa shape index (κ3) is 19.2. The van der Waals surface area contributed by atoms with Gasteiger partial charge in [-0.3, -0.25) is 15.0 Å². The zero-order valence-corrected chi connectivity index (χ0v) is 36.5. The largest absolute Gasteiger partial charge is 0.462 e. The molecule has 3 aliphatic heterocycles. The molecule has 0 saturated carbocycles. The summed E-state index contributed by atoms with van der Waals surface area (Å²) < 4.78 is 23.0. The fourth-order valence-electron chi connectivity index (χ4n) is 7.61. The van der Waals surface area contributed by atoms with Gasteiger partial charge in [0.25, 0.3) is 0 Å². The van der Waals surface area contributed by atoms with E-state index in [9.17, 15) is 60.7 Å². The molecule has 1 amide bonds. The molecule has 362 valence electrons. The van der Waals surface area contributed by atoms with Crippen LogP contribution in [0.3, 0.4) is 0 Å². The monoisotopic (exact) mass is 909 g/mol. The summed E-state index contributed by atoms with van der Waals surface area (Å²) >= 11 is 0. The van der Waals surface area contributed by atoms with E-state index in [4.69, 9.17) is 30.5 Å². The van der Waals surface area contributed by atoms with Gasteiger partial charge in [-0.2, -0.15) is 0 Å². The third-order valence-corrected chi connectivity index (χ3v) is 11.2. The molecule has 19 heteroatoms. The quantitative estimate of drug-likeness (QED) is 0.0698. The zero-order valence-electron chi connectivity index (χ0n) is 36.5. The zero-order chi connectivity index (χ0) is 47.4. The number of carbonyl (C=O) groups is 2. The van der Waals surface area contributed by atoms with E-state index >= 15 is 0 Å². The van der Waals surface area contributed by atoms with Crippen LogP contribution >= 0.6 is 0 Å². The Morgan fingerprint density at radius 1 is 0.703 bits per heavy atom. The van der Waals surface area contributed by atoms with Crippen molar-refractivity contribution in [2.24, 2.45) is 23.4 Å². The number of aliphatic hydroxyl groups is 10. The summed E-state index contributed by atoms with van der Waals surface area (Å²) in [5.74, 6) is 0.00588. The Morgan fingerprint density at radius 3 is 1.91 bits per heavy atom. The van der Waals surface area contributed by atoms with Gasteiger partial charge in [0, 0.05) is 38.0 Å². The van der Waals surface area contributed by atoms with Crippen LogP contribution in [0.4, 0.5) is 0 Å². The summed E-state index contributed by atoms with van der Waals surface area (Å²) in [6.07, 6.45) is 5.43. The minimum Gasteiger partial charge on any atom is -0.462 e. The fourth-order valence-corrected chi connectivity index (χ4v) is 7.61. The molecule has 0 spiro atoms. The van der Waals surface area contributed by atoms with Crippen LogP contribution in [-0.4, -0.2) is 161 Å². The lowest BCUT2D eigenvalue weighted by molar-refractivity contribution is -0.304. The Labute approximate surface area is 374 Å². The van der Waals surface area contributed by atoms with Gasteiger partial charge in [0.2, 0.25) is 5.91 Å². The van der Waals surface area contributed by atoms with Gasteiger partial charge in [0.1, 0.15) is 12.2 Å². The second kappa shape index (κ2) is 27.9. The number of cyclic esters (lactones) is 1. The number of hydrogen-bond donors (Lipinski definition) is 13. The average Bonchev–Trinajstić information content (AvgIpc) is 3.21. The molecule has 8 unspecified atom stereocenters. The minimum atomic E-state index is -2.28. The van der Waals surface area contributed by atoms with Gasteiger partial charge in [-0.1, -0.05) is 92.0 Å². The minimum absolute atomic E-state index is 0.0951. The molecule has 3 aliphatic rings. The van der Waals surface area contributed by atoms with Gasteiger partial charge >= 0.3 is 5.97 Å². The molecule has 15 N–H and O–H groups in total. The number of rotatable bonds is 3. The highest BCUT2D eigenvalue weighted by Gasteiger charge is 2.50. The third-order valence-electron chi connectivity index (χ3n) is 11.2. The number of hydrogen-bond acceptors (Lipinski definition) is 18. The predicted molar refractivity (Wildman–Crippen MR) is 233 cm³/mol. The molecule has 2 fully saturated rings. The van der Waals surface area contributed by atoms with E-state index in [0.717, 1.165) is 0 Å².